The Hall–Kier alpha value is -1.13. The van der Waals surface area contributed by atoms with Crippen molar-refractivity contribution < 1.29 is 13.9 Å². The number of likely N-dealkylation sites (tertiary alicyclic amines) is 1. The molecule has 19 heavy (non-hydrogen) atoms. The Kier molecular flexibility index (Phi) is 4.77. The van der Waals surface area contributed by atoms with Gasteiger partial charge in [-0.1, -0.05) is 17.7 Å². The summed E-state index contributed by atoms with van der Waals surface area (Å²) in [6, 6.07) is 4.46. The Labute approximate surface area is 117 Å². The van der Waals surface area contributed by atoms with Crippen LogP contribution in [0.5, 0.6) is 0 Å². The average molecular weight is 286 g/mol. The van der Waals surface area contributed by atoms with Gasteiger partial charge in [0.25, 0.3) is 0 Å². The molecule has 104 valence electrons. The van der Waals surface area contributed by atoms with Crippen molar-refractivity contribution in [2.75, 3.05) is 20.2 Å². The largest absolute Gasteiger partial charge is 0.469 e. The van der Waals surface area contributed by atoms with Crippen LogP contribution >= 0.6 is 11.6 Å². The van der Waals surface area contributed by atoms with Gasteiger partial charge in [-0.3, -0.25) is 9.69 Å². The molecule has 5 heteroatoms. The van der Waals surface area contributed by atoms with Crippen molar-refractivity contribution >= 4 is 17.6 Å². The zero-order chi connectivity index (χ0) is 13.8. The SMILES string of the molecule is COC(=O)C1CCN(Cc2ccc(F)cc2Cl)CC1. The van der Waals surface area contributed by atoms with Crippen LogP contribution < -0.4 is 0 Å². The van der Waals surface area contributed by atoms with E-state index in [1.54, 1.807) is 6.07 Å². The van der Waals surface area contributed by atoms with Crippen LogP contribution in [0.4, 0.5) is 4.39 Å². The highest BCUT2D eigenvalue weighted by atomic mass is 35.5. The normalized spacial score (nSPS) is 17.4. The van der Waals surface area contributed by atoms with E-state index in [9.17, 15) is 9.18 Å². The van der Waals surface area contributed by atoms with Crippen LogP contribution in [0, 0.1) is 11.7 Å². The van der Waals surface area contributed by atoms with Crippen molar-refractivity contribution in [2.24, 2.45) is 5.92 Å². The lowest BCUT2D eigenvalue weighted by Crippen LogP contribution is -2.36. The van der Waals surface area contributed by atoms with Gasteiger partial charge < -0.3 is 4.74 Å². The van der Waals surface area contributed by atoms with Crippen LogP contribution in [0.3, 0.4) is 0 Å². The van der Waals surface area contributed by atoms with E-state index >= 15 is 0 Å². The first-order valence-corrected chi connectivity index (χ1v) is 6.72. The molecular formula is C14H17ClFNO2. The summed E-state index contributed by atoms with van der Waals surface area (Å²) < 4.78 is 17.7. The summed E-state index contributed by atoms with van der Waals surface area (Å²) in [5.74, 6) is -0.442. The number of rotatable bonds is 3. The van der Waals surface area contributed by atoms with Gasteiger partial charge in [-0.2, -0.15) is 0 Å². The number of hydrogen-bond donors (Lipinski definition) is 0. The van der Waals surface area contributed by atoms with E-state index in [-0.39, 0.29) is 17.7 Å². The van der Waals surface area contributed by atoms with Gasteiger partial charge in [-0.25, -0.2) is 4.39 Å². The molecule has 0 atom stereocenters. The summed E-state index contributed by atoms with van der Waals surface area (Å²) >= 11 is 6.01. The predicted molar refractivity (Wildman–Crippen MR) is 71.4 cm³/mol. The number of methoxy groups -OCH3 is 1. The molecule has 0 aliphatic carbocycles. The third-order valence-electron chi connectivity index (χ3n) is 3.53. The van der Waals surface area contributed by atoms with Crippen LogP contribution in [-0.2, 0) is 16.1 Å². The van der Waals surface area contributed by atoms with Crippen LogP contribution in [0.1, 0.15) is 18.4 Å². The van der Waals surface area contributed by atoms with Crippen molar-refractivity contribution in [2.45, 2.75) is 19.4 Å². The maximum absolute atomic E-state index is 13.0. The van der Waals surface area contributed by atoms with Gasteiger partial charge >= 0.3 is 5.97 Å². The first kappa shape index (κ1) is 14.3. The highest BCUT2D eigenvalue weighted by Crippen LogP contribution is 2.23. The molecule has 2 rings (SSSR count). The average Bonchev–Trinajstić information content (AvgIpc) is 2.42. The standard InChI is InChI=1S/C14H17ClFNO2/c1-19-14(18)10-4-6-17(7-5-10)9-11-2-3-12(16)8-13(11)15/h2-3,8,10H,4-7,9H2,1H3. The zero-order valence-corrected chi connectivity index (χ0v) is 11.6. The lowest BCUT2D eigenvalue weighted by atomic mass is 9.96. The topological polar surface area (TPSA) is 29.5 Å². The van der Waals surface area contributed by atoms with Crippen molar-refractivity contribution in [3.63, 3.8) is 0 Å². The summed E-state index contributed by atoms with van der Waals surface area (Å²) in [6.45, 7) is 2.34. The van der Waals surface area contributed by atoms with Crippen LogP contribution in [0.25, 0.3) is 0 Å². The number of hydrogen-bond acceptors (Lipinski definition) is 3. The minimum Gasteiger partial charge on any atom is -0.469 e. The fraction of sp³-hybridized carbons (Fsp3) is 0.500. The molecule has 0 bridgehead atoms. The number of piperidine rings is 1. The van der Waals surface area contributed by atoms with Gasteiger partial charge in [0.05, 0.1) is 13.0 Å². The molecule has 0 spiro atoms. The Morgan fingerprint density at radius 3 is 2.74 bits per heavy atom. The molecule has 1 aromatic rings. The van der Waals surface area contributed by atoms with Crippen molar-refractivity contribution in [1.29, 1.82) is 0 Å². The van der Waals surface area contributed by atoms with Gasteiger partial charge in [0.15, 0.2) is 0 Å². The van der Waals surface area contributed by atoms with Crippen LogP contribution in [-0.4, -0.2) is 31.1 Å². The first-order chi connectivity index (χ1) is 9.10. The molecule has 0 saturated carbocycles. The number of benzene rings is 1. The second-order valence-corrected chi connectivity index (χ2v) is 5.22. The summed E-state index contributed by atoms with van der Waals surface area (Å²) in [4.78, 5) is 13.6. The number of carbonyl (C=O) groups is 1. The van der Waals surface area contributed by atoms with Gasteiger partial charge in [0.2, 0.25) is 0 Å². The second kappa shape index (κ2) is 6.35. The third-order valence-corrected chi connectivity index (χ3v) is 3.88. The first-order valence-electron chi connectivity index (χ1n) is 6.34. The minimum atomic E-state index is -0.321. The Balaban J connectivity index is 1.90. The lowest BCUT2D eigenvalue weighted by Gasteiger charge is -2.30. The van der Waals surface area contributed by atoms with E-state index in [4.69, 9.17) is 16.3 Å². The van der Waals surface area contributed by atoms with E-state index in [1.807, 2.05) is 0 Å². The van der Waals surface area contributed by atoms with Crippen molar-refractivity contribution in [3.05, 3.63) is 34.6 Å². The molecule has 1 aromatic carbocycles. The summed E-state index contributed by atoms with van der Waals surface area (Å²) in [5.41, 5.74) is 0.916. The zero-order valence-electron chi connectivity index (χ0n) is 10.9. The number of esters is 1. The van der Waals surface area contributed by atoms with Gasteiger partial charge in [0, 0.05) is 11.6 Å². The minimum absolute atomic E-state index is 0.00457. The Bertz CT molecular complexity index is 459. The smallest absolute Gasteiger partial charge is 0.308 e. The van der Waals surface area contributed by atoms with E-state index in [1.165, 1.54) is 19.2 Å². The van der Waals surface area contributed by atoms with E-state index in [0.717, 1.165) is 31.5 Å². The predicted octanol–water partition coefficient (Wildman–Crippen LogP) is 2.86. The molecule has 0 radical (unpaired) electrons. The summed E-state index contributed by atoms with van der Waals surface area (Å²) in [7, 11) is 1.42. The van der Waals surface area contributed by atoms with Gasteiger partial charge in [-0.15, -0.1) is 0 Å². The molecule has 1 fully saturated rings. The number of halogens is 2. The molecule has 1 aliphatic rings. The quantitative estimate of drug-likeness (QED) is 0.800. The fourth-order valence-corrected chi connectivity index (χ4v) is 2.61. The van der Waals surface area contributed by atoms with E-state index in [2.05, 4.69) is 4.90 Å². The number of carbonyl (C=O) groups excluding carboxylic acids is 1. The summed E-state index contributed by atoms with van der Waals surface area (Å²) in [6.07, 6.45) is 1.59. The molecule has 1 aliphatic heterocycles. The summed E-state index contributed by atoms with van der Waals surface area (Å²) in [5, 5.41) is 0.454. The van der Waals surface area contributed by atoms with E-state index < -0.39 is 0 Å². The van der Waals surface area contributed by atoms with E-state index in [0.29, 0.717) is 11.6 Å². The van der Waals surface area contributed by atoms with Gasteiger partial charge in [-0.05, 0) is 43.6 Å². The molecule has 0 N–H and O–H groups in total. The monoisotopic (exact) mass is 285 g/mol. The Morgan fingerprint density at radius 2 is 2.16 bits per heavy atom. The van der Waals surface area contributed by atoms with Crippen LogP contribution in [0.2, 0.25) is 5.02 Å². The maximum Gasteiger partial charge on any atom is 0.308 e. The number of nitrogens with zero attached hydrogens (tertiary/aromatic N) is 1. The third kappa shape index (κ3) is 3.67. The van der Waals surface area contributed by atoms with Crippen LogP contribution in [0.15, 0.2) is 18.2 Å². The second-order valence-electron chi connectivity index (χ2n) is 4.81. The molecule has 3 nitrogen and oxygen atoms in total. The fourth-order valence-electron chi connectivity index (χ4n) is 2.38. The van der Waals surface area contributed by atoms with Crippen molar-refractivity contribution in [3.8, 4) is 0 Å². The molecule has 0 aromatic heterocycles. The highest BCUT2D eigenvalue weighted by Gasteiger charge is 2.25. The molecule has 1 heterocycles. The van der Waals surface area contributed by atoms with Gasteiger partial charge in [0.1, 0.15) is 5.82 Å². The van der Waals surface area contributed by atoms with Crippen molar-refractivity contribution in [1.82, 2.24) is 4.90 Å². The number of ether oxygens (including phenoxy) is 1. The molecule has 0 amide bonds. The molecule has 0 unspecified atom stereocenters. The highest BCUT2D eigenvalue weighted by molar-refractivity contribution is 6.31. The molecular weight excluding hydrogens is 269 g/mol. The maximum atomic E-state index is 13.0. The Morgan fingerprint density at radius 1 is 1.47 bits per heavy atom. The lowest BCUT2D eigenvalue weighted by molar-refractivity contribution is -0.147. The molecule has 1 saturated heterocycles.